The Morgan fingerprint density at radius 3 is 2.62 bits per heavy atom. The van der Waals surface area contributed by atoms with E-state index in [2.05, 4.69) is 5.32 Å². The molecule has 1 aliphatic heterocycles. The standard InChI is InChI=1S/C18H27N3O3/c1-12-4-5-16(24-3)15(10-12)13(2)20-18(23)21-8-6-14(7-9-21)11-17(19)22/h4-5,10,13-14H,6-9,11H2,1-3H3,(H2,19,22)(H,20,23)/t13-/m0/s1. The number of hydrogen-bond acceptors (Lipinski definition) is 3. The molecule has 1 heterocycles. The second-order valence-corrected chi connectivity index (χ2v) is 6.52. The van der Waals surface area contributed by atoms with Crippen molar-refractivity contribution in [1.82, 2.24) is 10.2 Å². The molecule has 1 saturated heterocycles. The summed E-state index contributed by atoms with van der Waals surface area (Å²) in [5.74, 6) is 0.799. The van der Waals surface area contributed by atoms with Gasteiger partial charge in [-0.3, -0.25) is 4.79 Å². The SMILES string of the molecule is COc1ccc(C)cc1[C@H](C)NC(=O)N1CCC(CC(N)=O)CC1. The maximum atomic E-state index is 12.5. The fraction of sp³-hybridized carbons (Fsp3) is 0.556. The number of carbonyl (C=O) groups is 2. The zero-order valence-electron chi connectivity index (χ0n) is 14.7. The first-order chi connectivity index (χ1) is 11.4. The lowest BCUT2D eigenvalue weighted by Crippen LogP contribution is -2.45. The van der Waals surface area contributed by atoms with Gasteiger partial charge in [-0.15, -0.1) is 0 Å². The molecule has 1 aromatic carbocycles. The Hall–Kier alpha value is -2.24. The van der Waals surface area contributed by atoms with Crippen LogP contribution in [0.2, 0.25) is 0 Å². The van der Waals surface area contributed by atoms with Crippen LogP contribution in [0.5, 0.6) is 5.75 Å². The van der Waals surface area contributed by atoms with Crippen molar-refractivity contribution in [3.63, 3.8) is 0 Å². The number of aryl methyl sites for hydroxylation is 1. The second-order valence-electron chi connectivity index (χ2n) is 6.52. The number of methoxy groups -OCH3 is 1. The molecule has 1 atom stereocenters. The molecule has 0 spiro atoms. The fourth-order valence-corrected chi connectivity index (χ4v) is 3.17. The summed E-state index contributed by atoms with van der Waals surface area (Å²) in [7, 11) is 1.63. The normalized spacial score (nSPS) is 16.5. The second kappa shape index (κ2) is 8.04. The molecule has 0 radical (unpaired) electrons. The van der Waals surface area contributed by atoms with E-state index in [9.17, 15) is 9.59 Å². The van der Waals surface area contributed by atoms with Crippen molar-refractivity contribution in [1.29, 1.82) is 0 Å². The Balaban J connectivity index is 1.93. The fourth-order valence-electron chi connectivity index (χ4n) is 3.17. The van der Waals surface area contributed by atoms with Crippen LogP contribution in [0, 0.1) is 12.8 Å². The summed E-state index contributed by atoms with van der Waals surface area (Å²) < 4.78 is 5.39. The third kappa shape index (κ3) is 4.63. The first-order valence-corrected chi connectivity index (χ1v) is 8.39. The molecule has 3 amide bonds. The molecule has 1 fully saturated rings. The van der Waals surface area contributed by atoms with Gasteiger partial charge in [-0.25, -0.2) is 4.79 Å². The number of nitrogens with zero attached hydrogens (tertiary/aromatic N) is 1. The van der Waals surface area contributed by atoms with Crippen LogP contribution in [0.4, 0.5) is 4.79 Å². The van der Waals surface area contributed by atoms with Crippen molar-refractivity contribution in [2.45, 2.75) is 39.2 Å². The summed E-state index contributed by atoms with van der Waals surface area (Å²) in [5.41, 5.74) is 7.34. The summed E-state index contributed by atoms with van der Waals surface area (Å²) in [5, 5.41) is 3.04. The van der Waals surface area contributed by atoms with Crippen molar-refractivity contribution in [3.8, 4) is 5.75 Å². The Bertz CT molecular complexity index is 595. The predicted octanol–water partition coefficient (Wildman–Crippen LogP) is 2.36. The van der Waals surface area contributed by atoms with E-state index in [-0.39, 0.29) is 18.0 Å². The molecule has 0 bridgehead atoms. The lowest BCUT2D eigenvalue weighted by molar-refractivity contribution is -0.119. The van der Waals surface area contributed by atoms with Crippen molar-refractivity contribution < 1.29 is 14.3 Å². The van der Waals surface area contributed by atoms with E-state index in [4.69, 9.17) is 10.5 Å². The summed E-state index contributed by atoms with van der Waals surface area (Å²) in [6.07, 6.45) is 2.05. The number of hydrogen-bond donors (Lipinski definition) is 2. The number of nitrogens with one attached hydrogen (secondary N) is 1. The number of urea groups is 1. The van der Waals surface area contributed by atoms with E-state index >= 15 is 0 Å². The number of ether oxygens (including phenoxy) is 1. The van der Waals surface area contributed by atoms with Gasteiger partial charge in [0.05, 0.1) is 13.2 Å². The monoisotopic (exact) mass is 333 g/mol. The van der Waals surface area contributed by atoms with Crippen molar-refractivity contribution in [2.75, 3.05) is 20.2 Å². The van der Waals surface area contributed by atoms with Gasteiger partial charge < -0.3 is 20.7 Å². The van der Waals surface area contributed by atoms with Crippen LogP contribution in [0.25, 0.3) is 0 Å². The molecule has 0 unspecified atom stereocenters. The third-order valence-electron chi connectivity index (χ3n) is 4.58. The number of likely N-dealkylation sites (tertiary alicyclic amines) is 1. The molecule has 0 saturated carbocycles. The number of amides is 3. The average molecular weight is 333 g/mol. The molecule has 1 aliphatic rings. The third-order valence-corrected chi connectivity index (χ3v) is 4.58. The molecule has 0 aromatic heterocycles. The van der Waals surface area contributed by atoms with Crippen molar-refractivity contribution in [2.24, 2.45) is 11.7 Å². The molecule has 2 rings (SSSR count). The van der Waals surface area contributed by atoms with Gasteiger partial charge in [-0.05, 0) is 38.7 Å². The molecular formula is C18H27N3O3. The minimum atomic E-state index is -0.266. The van der Waals surface area contributed by atoms with Crippen LogP contribution >= 0.6 is 0 Å². The van der Waals surface area contributed by atoms with E-state index in [1.54, 1.807) is 12.0 Å². The number of carbonyl (C=O) groups excluding carboxylic acids is 2. The van der Waals surface area contributed by atoms with Crippen LogP contribution in [0.15, 0.2) is 18.2 Å². The molecule has 6 nitrogen and oxygen atoms in total. The maximum absolute atomic E-state index is 12.5. The predicted molar refractivity (Wildman–Crippen MR) is 92.8 cm³/mol. The van der Waals surface area contributed by atoms with Crippen LogP contribution in [0.3, 0.4) is 0 Å². The zero-order chi connectivity index (χ0) is 17.7. The highest BCUT2D eigenvalue weighted by Gasteiger charge is 2.25. The molecule has 132 valence electrons. The number of rotatable bonds is 5. The van der Waals surface area contributed by atoms with Crippen LogP contribution in [-0.2, 0) is 4.79 Å². The number of primary amides is 1. The van der Waals surface area contributed by atoms with Gasteiger partial charge in [-0.1, -0.05) is 17.7 Å². The molecule has 3 N–H and O–H groups in total. The molecule has 0 aliphatic carbocycles. The van der Waals surface area contributed by atoms with E-state index < -0.39 is 0 Å². The summed E-state index contributed by atoms with van der Waals surface area (Å²) >= 11 is 0. The number of nitrogens with two attached hydrogens (primary N) is 1. The summed E-state index contributed by atoms with van der Waals surface area (Å²) in [6.45, 7) is 5.28. The van der Waals surface area contributed by atoms with Gasteiger partial charge in [0, 0.05) is 25.1 Å². The number of piperidine rings is 1. The van der Waals surface area contributed by atoms with Gasteiger partial charge in [0.15, 0.2) is 0 Å². The zero-order valence-corrected chi connectivity index (χ0v) is 14.7. The lowest BCUT2D eigenvalue weighted by atomic mass is 9.93. The Labute approximate surface area is 143 Å². The van der Waals surface area contributed by atoms with E-state index in [1.165, 1.54) is 0 Å². The van der Waals surface area contributed by atoms with Crippen molar-refractivity contribution >= 4 is 11.9 Å². The topological polar surface area (TPSA) is 84.7 Å². The molecule has 24 heavy (non-hydrogen) atoms. The highest BCUT2D eigenvalue weighted by Crippen LogP contribution is 2.27. The molecule has 1 aromatic rings. The van der Waals surface area contributed by atoms with Crippen molar-refractivity contribution in [3.05, 3.63) is 29.3 Å². The summed E-state index contributed by atoms with van der Waals surface area (Å²) in [6, 6.07) is 5.71. The molecule has 6 heteroatoms. The van der Waals surface area contributed by atoms with E-state index in [0.29, 0.717) is 25.4 Å². The minimum absolute atomic E-state index is 0.0800. The Morgan fingerprint density at radius 1 is 1.38 bits per heavy atom. The van der Waals surface area contributed by atoms with Gasteiger partial charge in [0.2, 0.25) is 5.91 Å². The van der Waals surface area contributed by atoms with Gasteiger partial charge in [-0.2, -0.15) is 0 Å². The quantitative estimate of drug-likeness (QED) is 0.867. The first-order valence-electron chi connectivity index (χ1n) is 8.39. The maximum Gasteiger partial charge on any atom is 0.317 e. The highest BCUT2D eigenvalue weighted by molar-refractivity contribution is 5.75. The Morgan fingerprint density at radius 2 is 2.04 bits per heavy atom. The summed E-state index contributed by atoms with van der Waals surface area (Å²) in [4.78, 5) is 25.3. The smallest absolute Gasteiger partial charge is 0.317 e. The first kappa shape index (κ1) is 18.1. The minimum Gasteiger partial charge on any atom is -0.496 e. The van der Waals surface area contributed by atoms with Gasteiger partial charge in [0.1, 0.15) is 5.75 Å². The van der Waals surface area contributed by atoms with Crippen LogP contribution < -0.4 is 15.8 Å². The highest BCUT2D eigenvalue weighted by atomic mass is 16.5. The van der Waals surface area contributed by atoms with E-state index in [0.717, 1.165) is 29.7 Å². The van der Waals surface area contributed by atoms with Crippen LogP contribution in [0.1, 0.15) is 43.4 Å². The van der Waals surface area contributed by atoms with Gasteiger partial charge in [0.25, 0.3) is 0 Å². The van der Waals surface area contributed by atoms with E-state index in [1.807, 2.05) is 32.0 Å². The van der Waals surface area contributed by atoms with Crippen LogP contribution in [-0.4, -0.2) is 37.0 Å². The molecular weight excluding hydrogens is 306 g/mol. The average Bonchev–Trinajstić information content (AvgIpc) is 2.54. The van der Waals surface area contributed by atoms with Gasteiger partial charge >= 0.3 is 6.03 Å². The largest absolute Gasteiger partial charge is 0.496 e. The number of benzene rings is 1. The Kier molecular flexibility index (Phi) is 6.06. The lowest BCUT2D eigenvalue weighted by Gasteiger charge is -2.32.